The maximum absolute atomic E-state index is 12.4. The van der Waals surface area contributed by atoms with E-state index in [9.17, 15) is 76.0 Å². The molecule has 17 N–H and O–H groups in total. The Morgan fingerprint density at radius 2 is 1.07 bits per heavy atom. The highest BCUT2D eigenvalue weighted by atomic mass is 17.1. The van der Waals surface area contributed by atoms with Crippen molar-refractivity contribution in [2.75, 3.05) is 26.4 Å². The van der Waals surface area contributed by atoms with Crippen LogP contribution in [0.3, 0.4) is 0 Å². The molecule has 2 amide bonds. The van der Waals surface area contributed by atoms with Crippen LogP contribution in [0.2, 0.25) is 0 Å². The van der Waals surface area contributed by atoms with Gasteiger partial charge in [0.15, 0.2) is 12.2 Å². The molecule has 6 aliphatic rings. The molecule has 16 atom stereocenters. The second-order valence-electron chi connectivity index (χ2n) is 13.9. The zero-order valence-corrected chi connectivity index (χ0v) is 28.8. The van der Waals surface area contributed by atoms with Gasteiger partial charge in [-0.2, -0.15) is 0 Å². The lowest BCUT2D eigenvalue weighted by Crippen LogP contribution is -2.93. The van der Waals surface area contributed by atoms with Crippen LogP contribution in [-0.2, 0) is 52.2 Å². The molecule has 0 aromatic heterocycles. The number of hydrogen-bond acceptors (Lipinski definition) is 25. The van der Waals surface area contributed by atoms with Crippen molar-refractivity contribution in [2.45, 2.75) is 135 Å². The average Bonchev–Trinajstić information content (AvgIpc) is 3.09. The number of nitrogens with two attached hydrogens (primary N) is 1. The van der Waals surface area contributed by atoms with E-state index in [0.717, 1.165) is 13.8 Å². The molecule has 0 unspecified atom stereocenters. The van der Waals surface area contributed by atoms with Gasteiger partial charge in [-0.25, -0.2) is 0 Å². The lowest BCUT2D eigenvalue weighted by Gasteiger charge is -2.70. The van der Waals surface area contributed by atoms with E-state index in [1.807, 2.05) is 0 Å². The number of ether oxygens (including phenoxy) is 9. The van der Waals surface area contributed by atoms with E-state index in [1.54, 1.807) is 0 Å². The van der Waals surface area contributed by atoms with Crippen molar-refractivity contribution < 1.29 is 119 Å². The molecule has 55 heavy (non-hydrogen) atoms. The Labute approximate surface area is 308 Å². The number of aliphatic hydroxyl groups is 13. The molecule has 27 heteroatoms. The molecule has 0 radical (unpaired) electrons. The van der Waals surface area contributed by atoms with E-state index in [-0.39, 0.29) is 0 Å². The van der Waals surface area contributed by atoms with Gasteiger partial charge in [0.1, 0.15) is 73.1 Å². The Balaban J connectivity index is 1.29. The standard InChI is InChI=1S/C28H45N3O24/c1-7(36)30-17-21(43)23(11(5-34)49-25(17,29)45)52-27(53-23)18(31-8(2)37)22(44)24(12(6-35)50-27)54-28(55-24)20(42)16(14(39)10(4-33)48-28)51-26(46)19(41)15(40)13(38)9(3-32)47-26/h9-22,32-35,38-46H,3-6,29H2,1-2H3,(H,30,36)(H,31,37)/t9-,10-,11-,12-,13-,14-,15+,16+,17-,18-,19+,20+,21-,22-,23?,24?,25-,26+,27?,28?/m1/s1. The fraction of sp³-hybridized carbons (Fsp3) is 0.929. The number of nitrogens with one attached hydrogen (secondary N) is 2. The van der Waals surface area contributed by atoms with Crippen LogP contribution in [0.25, 0.3) is 0 Å². The number of carbonyl (C=O) groups is 2. The van der Waals surface area contributed by atoms with Gasteiger partial charge < -0.3 is 101 Å². The van der Waals surface area contributed by atoms with E-state index < -0.39 is 159 Å². The maximum Gasteiger partial charge on any atom is 0.319 e. The fourth-order valence-corrected chi connectivity index (χ4v) is 7.52. The van der Waals surface area contributed by atoms with Gasteiger partial charge in [0.25, 0.3) is 0 Å². The normalized spacial score (nSPS) is 54.9. The fourth-order valence-electron chi connectivity index (χ4n) is 7.52. The zero-order valence-electron chi connectivity index (χ0n) is 28.8. The highest BCUT2D eigenvalue weighted by Gasteiger charge is 2.84. The molecule has 27 nitrogen and oxygen atoms in total. The molecule has 6 fully saturated rings. The van der Waals surface area contributed by atoms with Crippen molar-refractivity contribution in [3.8, 4) is 0 Å². The van der Waals surface area contributed by atoms with Crippen LogP contribution in [0.15, 0.2) is 0 Å². The first kappa shape index (κ1) is 42.6. The Kier molecular flexibility index (Phi) is 11.1. The van der Waals surface area contributed by atoms with Crippen molar-refractivity contribution in [2.24, 2.45) is 5.73 Å². The summed E-state index contributed by atoms with van der Waals surface area (Å²) in [4.78, 5) is 24.3. The number of rotatable bonds is 8. The summed E-state index contributed by atoms with van der Waals surface area (Å²) in [6.07, 6.45) is -25.5. The molecule has 6 rings (SSSR count). The average molecular weight is 808 g/mol. The van der Waals surface area contributed by atoms with Gasteiger partial charge in [0.2, 0.25) is 29.3 Å². The molecular weight excluding hydrogens is 762 g/mol. The summed E-state index contributed by atoms with van der Waals surface area (Å²) < 4.78 is 50.3. The molecule has 0 aliphatic carbocycles. The van der Waals surface area contributed by atoms with Crippen molar-refractivity contribution in [3.05, 3.63) is 0 Å². The van der Waals surface area contributed by atoms with Crippen molar-refractivity contribution in [3.63, 3.8) is 0 Å². The van der Waals surface area contributed by atoms with Gasteiger partial charge in [-0.15, -0.1) is 0 Å². The first-order chi connectivity index (χ1) is 25.6. The molecular formula is C28H45N3O24. The molecule has 0 aromatic rings. The number of amides is 2. The summed E-state index contributed by atoms with van der Waals surface area (Å²) in [6, 6.07) is -3.91. The second kappa shape index (κ2) is 14.4. The smallest absolute Gasteiger partial charge is 0.319 e. The molecule has 0 aromatic carbocycles. The summed E-state index contributed by atoms with van der Waals surface area (Å²) in [5, 5.41) is 142. The molecule has 6 saturated heterocycles. The van der Waals surface area contributed by atoms with Crippen LogP contribution in [0.4, 0.5) is 0 Å². The first-order valence-electron chi connectivity index (χ1n) is 16.7. The summed E-state index contributed by atoms with van der Waals surface area (Å²) in [5.41, 5.74) is 5.73. The predicted octanol–water partition coefficient (Wildman–Crippen LogP) is -11.5. The molecule has 6 heterocycles. The predicted molar refractivity (Wildman–Crippen MR) is 159 cm³/mol. The Bertz CT molecular complexity index is 1440. The van der Waals surface area contributed by atoms with E-state index in [4.69, 9.17) is 48.4 Å². The minimum atomic E-state index is -3.38. The van der Waals surface area contributed by atoms with Crippen LogP contribution < -0.4 is 16.4 Å². The lowest BCUT2D eigenvalue weighted by molar-refractivity contribution is -0.695. The number of carbonyl (C=O) groups excluding carboxylic acids is 2. The van der Waals surface area contributed by atoms with Crippen molar-refractivity contribution in [1.29, 1.82) is 0 Å². The third-order valence-electron chi connectivity index (χ3n) is 10.2. The molecule has 316 valence electrons. The van der Waals surface area contributed by atoms with E-state index in [2.05, 4.69) is 10.6 Å². The Hall–Kier alpha value is -1.98. The minimum Gasteiger partial charge on any atom is -0.394 e. The maximum atomic E-state index is 12.4. The highest BCUT2D eigenvalue weighted by Crippen LogP contribution is 2.59. The SMILES string of the molecule is CC(=O)N[C@@H]1[C@@H](O)C2(OC3(O[C@H](CO)[C@@H](O)[C@H](O[C@@]4(O)O[C@H](CO)[C@@H](O)[C@H](O)[C@@H]4O)[C@@H]3O)O2)[C@@H](CO)OC12OC1(O2)[C@H](O)[C@@H](NC(C)=O)[C@@](N)(O)O[C@@H]1CO. The van der Waals surface area contributed by atoms with E-state index in [0.29, 0.717) is 0 Å². The minimum absolute atomic E-state index is 0.822. The second-order valence-corrected chi connectivity index (χ2v) is 13.9. The van der Waals surface area contributed by atoms with Crippen LogP contribution in [0.1, 0.15) is 13.8 Å². The van der Waals surface area contributed by atoms with Gasteiger partial charge >= 0.3 is 17.9 Å². The highest BCUT2D eigenvalue weighted by molar-refractivity contribution is 5.74. The number of hydrogen-bond donors (Lipinski definition) is 16. The van der Waals surface area contributed by atoms with Crippen LogP contribution in [0.5, 0.6) is 0 Å². The van der Waals surface area contributed by atoms with Gasteiger partial charge in [0.05, 0.1) is 26.4 Å². The third-order valence-corrected chi connectivity index (χ3v) is 10.2. The molecule has 6 aliphatic heterocycles. The summed E-state index contributed by atoms with van der Waals surface area (Å²) in [5.74, 6) is -18.9. The lowest BCUT2D eigenvalue weighted by atomic mass is 9.84. The van der Waals surface area contributed by atoms with Crippen molar-refractivity contribution in [1.82, 2.24) is 10.6 Å². The van der Waals surface area contributed by atoms with Gasteiger partial charge in [-0.05, 0) is 0 Å². The third kappa shape index (κ3) is 6.36. The summed E-state index contributed by atoms with van der Waals surface area (Å²) in [6.45, 7) is -2.39. The van der Waals surface area contributed by atoms with E-state index >= 15 is 0 Å². The first-order valence-corrected chi connectivity index (χ1v) is 16.7. The van der Waals surface area contributed by atoms with E-state index in [1.165, 1.54) is 0 Å². The quantitative estimate of drug-likeness (QED) is 0.101. The molecule has 0 saturated carbocycles. The molecule has 0 bridgehead atoms. The Morgan fingerprint density at radius 3 is 1.58 bits per heavy atom. The summed E-state index contributed by atoms with van der Waals surface area (Å²) in [7, 11) is 0. The number of aliphatic hydroxyl groups excluding tert-OH is 11. The van der Waals surface area contributed by atoms with Crippen LogP contribution >= 0.6 is 0 Å². The largest absolute Gasteiger partial charge is 0.394 e. The van der Waals surface area contributed by atoms with Crippen LogP contribution in [-0.4, -0.2) is 225 Å². The zero-order chi connectivity index (χ0) is 40.8. The van der Waals surface area contributed by atoms with Crippen LogP contribution in [0, 0.1) is 0 Å². The van der Waals surface area contributed by atoms with Crippen molar-refractivity contribution >= 4 is 11.8 Å². The monoisotopic (exact) mass is 807 g/mol. The van der Waals surface area contributed by atoms with Gasteiger partial charge in [-0.3, -0.25) is 34.3 Å². The summed E-state index contributed by atoms with van der Waals surface area (Å²) >= 11 is 0. The van der Waals surface area contributed by atoms with Gasteiger partial charge in [-0.1, -0.05) is 0 Å². The molecule has 4 spiro atoms. The Morgan fingerprint density at radius 1 is 0.600 bits per heavy atom. The van der Waals surface area contributed by atoms with Gasteiger partial charge in [0, 0.05) is 13.8 Å². The topological polar surface area (TPSA) is 430 Å².